The van der Waals surface area contributed by atoms with E-state index in [0.29, 0.717) is 39.0 Å². The van der Waals surface area contributed by atoms with Gasteiger partial charge in [0.25, 0.3) is 0 Å². The molecule has 1 fully saturated rings. The first-order valence-corrected chi connectivity index (χ1v) is 11.9. The number of fused-ring (bicyclic) bond motifs is 1. The van der Waals surface area contributed by atoms with Crippen LogP contribution in [0.25, 0.3) is 10.9 Å². The molecule has 30 heavy (non-hydrogen) atoms. The molecule has 1 aromatic heterocycles. The number of hydrogen-bond donors (Lipinski definition) is 0. The third kappa shape index (κ3) is 5.09. The first-order valence-electron chi connectivity index (χ1n) is 10.3. The van der Waals surface area contributed by atoms with Crippen molar-refractivity contribution in [2.75, 3.05) is 25.4 Å². The maximum absolute atomic E-state index is 12.7. The van der Waals surface area contributed by atoms with E-state index < -0.39 is 10.0 Å². The second kappa shape index (κ2) is 9.45. The molecule has 1 aliphatic rings. The summed E-state index contributed by atoms with van der Waals surface area (Å²) in [6.07, 6.45) is 3.55. The average Bonchev–Trinajstić information content (AvgIpc) is 2.78. The maximum atomic E-state index is 12.7. The second-order valence-electron chi connectivity index (χ2n) is 7.38. The monoisotopic (exact) mass is 426 g/mol. The fraction of sp³-hybridized carbons (Fsp3) is 0.348. The smallest absolute Gasteiger partial charge is 0.214 e. The molecule has 3 aromatic rings. The van der Waals surface area contributed by atoms with Crippen LogP contribution in [0.2, 0.25) is 0 Å². The molecule has 0 spiro atoms. The zero-order chi connectivity index (χ0) is 20.8. The molecule has 0 saturated carbocycles. The van der Waals surface area contributed by atoms with Crippen LogP contribution in [0.15, 0.2) is 66.9 Å². The van der Waals surface area contributed by atoms with E-state index in [1.807, 2.05) is 60.7 Å². The number of pyridine rings is 1. The second-order valence-corrected chi connectivity index (χ2v) is 9.47. The predicted octanol–water partition coefficient (Wildman–Crippen LogP) is 3.88. The van der Waals surface area contributed by atoms with Crippen LogP contribution in [0.1, 0.15) is 19.3 Å². The molecule has 0 aliphatic carbocycles. The maximum Gasteiger partial charge on any atom is 0.214 e. The highest BCUT2D eigenvalue weighted by atomic mass is 32.2. The van der Waals surface area contributed by atoms with Crippen LogP contribution in [0.4, 0.5) is 0 Å². The van der Waals surface area contributed by atoms with Crippen LogP contribution in [-0.4, -0.2) is 49.3 Å². The summed E-state index contributed by atoms with van der Waals surface area (Å²) < 4.78 is 38.7. The van der Waals surface area contributed by atoms with Crippen molar-refractivity contribution in [3.8, 4) is 11.5 Å². The van der Waals surface area contributed by atoms with E-state index in [1.54, 1.807) is 10.5 Å². The molecule has 158 valence electrons. The Bertz CT molecular complexity index is 1060. The third-order valence-corrected chi connectivity index (χ3v) is 7.20. The Hall–Kier alpha value is -2.64. The zero-order valence-corrected chi connectivity index (χ0v) is 17.6. The van der Waals surface area contributed by atoms with Crippen LogP contribution in [0, 0.1) is 0 Å². The Balaban J connectivity index is 1.26. The Labute approximate surface area is 177 Å². The first-order chi connectivity index (χ1) is 14.6. The molecule has 2 aromatic carbocycles. The summed E-state index contributed by atoms with van der Waals surface area (Å²) in [7, 11) is -3.28. The zero-order valence-electron chi connectivity index (χ0n) is 16.8. The van der Waals surface area contributed by atoms with Gasteiger partial charge >= 0.3 is 0 Å². The van der Waals surface area contributed by atoms with Gasteiger partial charge in [-0.3, -0.25) is 4.98 Å². The van der Waals surface area contributed by atoms with Crippen molar-refractivity contribution in [1.82, 2.24) is 9.29 Å². The molecule has 1 aliphatic heterocycles. The predicted molar refractivity (Wildman–Crippen MR) is 117 cm³/mol. The minimum Gasteiger partial charge on any atom is -0.494 e. The summed E-state index contributed by atoms with van der Waals surface area (Å²) in [6, 6.07) is 19.2. The fourth-order valence-corrected chi connectivity index (χ4v) is 5.16. The van der Waals surface area contributed by atoms with E-state index >= 15 is 0 Å². The van der Waals surface area contributed by atoms with Gasteiger partial charge in [-0.1, -0.05) is 36.4 Å². The molecule has 2 heterocycles. The SMILES string of the molecule is O=S(=O)(CCCOc1ccccc1)N1CCC(Oc2cccc3cccnc23)CC1. The molecule has 0 N–H and O–H groups in total. The minimum atomic E-state index is -3.28. The number of hydrogen-bond acceptors (Lipinski definition) is 5. The number of sulfonamides is 1. The summed E-state index contributed by atoms with van der Waals surface area (Å²) in [5.74, 6) is 1.61. The van der Waals surface area contributed by atoms with Gasteiger partial charge in [0, 0.05) is 24.7 Å². The van der Waals surface area contributed by atoms with Crippen molar-refractivity contribution in [3.63, 3.8) is 0 Å². The van der Waals surface area contributed by atoms with E-state index in [2.05, 4.69) is 4.98 Å². The summed E-state index contributed by atoms with van der Waals surface area (Å²) in [4.78, 5) is 4.42. The molecule has 0 bridgehead atoms. The molecule has 4 rings (SSSR count). The van der Waals surface area contributed by atoms with Gasteiger partial charge in [0.1, 0.15) is 23.1 Å². The molecule has 0 unspecified atom stereocenters. The lowest BCUT2D eigenvalue weighted by molar-refractivity contribution is 0.136. The largest absolute Gasteiger partial charge is 0.494 e. The van der Waals surface area contributed by atoms with Gasteiger partial charge in [-0.15, -0.1) is 0 Å². The summed E-state index contributed by atoms with van der Waals surface area (Å²) >= 11 is 0. The molecule has 1 saturated heterocycles. The van der Waals surface area contributed by atoms with E-state index in [1.165, 1.54) is 0 Å². The van der Waals surface area contributed by atoms with Crippen molar-refractivity contribution < 1.29 is 17.9 Å². The van der Waals surface area contributed by atoms with E-state index in [4.69, 9.17) is 9.47 Å². The normalized spacial score (nSPS) is 15.9. The van der Waals surface area contributed by atoms with E-state index in [0.717, 1.165) is 22.4 Å². The lowest BCUT2D eigenvalue weighted by atomic mass is 10.1. The number of aromatic nitrogens is 1. The molecule has 0 radical (unpaired) electrons. The van der Waals surface area contributed by atoms with Crippen LogP contribution in [0.5, 0.6) is 11.5 Å². The summed E-state index contributed by atoms with van der Waals surface area (Å²) in [5.41, 5.74) is 0.841. The van der Waals surface area contributed by atoms with Gasteiger partial charge in [0.15, 0.2) is 0 Å². The van der Waals surface area contributed by atoms with Crippen molar-refractivity contribution in [1.29, 1.82) is 0 Å². The highest BCUT2D eigenvalue weighted by Crippen LogP contribution is 2.27. The molecule has 0 atom stereocenters. The van der Waals surface area contributed by atoms with E-state index in [-0.39, 0.29) is 11.9 Å². The van der Waals surface area contributed by atoms with Crippen LogP contribution < -0.4 is 9.47 Å². The Morgan fingerprint density at radius 2 is 1.73 bits per heavy atom. The number of benzene rings is 2. The number of rotatable bonds is 8. The highest BCUT2D eigenvalue weighted by molar-refractivity contribution is 7.89. The molecule has 6 nitrogen and oxygen atoms in total. The van der Waals surface area contributed by atoms with Gasteiger partial charge in [0.05, 0.1) is 12.4 Å². The van der Waals surface area contributed by atoms with Gasteiger partial charge < -0.3 is 9.47 Å². The Kier molecular flexibility index (Phi) is 6.50. The van der Waals surface area contributed by atoms with Crippen LogP contribution in [0.3, 0.4) is 0 Å². The van der Waals surface area contributed by atoms with Gasteiger partial charge in [-0.05, 0) is 43.5 Å². The van der Waals surface area contributed by atoms with E-state index in [9.17, 15) is 8.42 Å². The van der Waals surface area contributed by atoms with Gasteiger partial charge in [-0.2, -0.15) is 0 Å². The van der Waals surface area contributed by atoms with Crippen LogP contribution in [-0.2, 0) is 10.0 Å². The number of piperidine rings is 1. The highest BCUT2D eigenvalue weighted by Gasteiger charge is 2.28. The topological polar surface area (TPSA) is 68.7 Å². The number of nitrogens with zero attached hydrogens (tertiary/aromatic N) is 2. The Morgan fingerprint density at radius 3 is 2.53 bits per heavy atom. The summed E-state index contributed by atoms with van der Waals surface area (Å²) in [6.45, 7) is 1.34. The molecular formula is C23H26N2O4S. The quantitative estimate of drug-likeness (QED) is 0.512. The third-order valence-electron chi connectivity index (χ3n) is 5.24. The number of para-hydroxylation sites is 2. The van der Waals surface area contributed by atoms with Crippen molar-refractivity contribution in [3.05, 3.63) is 66.9 Å². The van der Waals surface area contributed by atoms with Crippen molar-refractivity contribution in [2.45, 2.75) is 25.4 Å². The standard InChI is InChI=1S/C23H26N2O4S/c26-30(27,18-6-17-28-20-9-2-1-3-10-20)25-15-12-21(13-16-25)29-22-11-4-7-19-8-5-14-24-23(19)22/h1-5,7-11,14,21H,6,12-13,15-18H2. The van der Waals surface area contributed by atoms with Crippen LogP contribution >= 0.6 is 0 Å². The molecule has 7 heteroatoms. The lowest BCUT2D eigenvalue weighted by Crippen LogP contribution is -2.42. The van der Waals surface area contributed by atoms with Gasteiger partial charge in [-0.25, -0.2) is 12.7 Å². The van der Waals surface area contributed by atoms with Crippen molar-refractivity contribution in [2.24, 2.45) is 0 Å². The fourth-order valence-electron chi connectivity index (χ4n) is 3.66. The Morgan fingerprint density at radius 1 is 0.967 bits per heavy atom. The van der Waals surface area contributed by atoms with Crippen molar-refractivity contribution >= 4 is 20.9 Å². The minimum absolute atomic E-state index is 0.00882. The van der Waals surface area contributed by atoms with Gasteiger partial charge in [0.2, 0.25) is 10.0 Å². The molecule has 0 amide bonds. The lowest BCUT2D eigenvalue weighted by Gasteiger charge is -2.31. The summed E-state index contributed by atoms with van der Waals surface area (Å²) in [5, 5.41) is 1.03. The number of ether oxygens (including phenoxy) is 2. The molecular weight excluding hydrogens is 400 g/mol. The average molecular weight is 427 g/mol. The first kappa shape index (κ1) is 20.6.